The van der Waals surface area contributed by atoms with Crippen LogP contribution in [0.2, 0.25) is 10.0 Å². The molecular formula is C18H19Cl2N3O6S. The zero-order valence-electron chi connectivity index (χ0n) is 16.0. The van der Waals surface area contributed by atoms with Crippen LogP contribution in [0.4, 0.5) is 11.4 Å². The van der Waals surface area contributed by atoms with E-state index in [1.165, 1.54) is 19.1 Å². The maximum absolute atomic E-state index is 12.2. The molecule has 0 aliphatic carbocycles. The van der Waals surface area contributed by atoms with Gasteiger partial charge in [0.05, 0.1) is 14.8 Å². The summed E-state index contributed by atoms with van der Waals surface area (Å²) in [5.74, 6) is -0.152. The first kappa shape index (κ1) is 23.7. The Kier molecular flexibility index (Phi) is 7.88. The molecule has 0 saturated heterocycles. The summed E-state index contributed by atoms with van der Waals surface area (Å²) in [7, 11) is -3.57. The van der Waals surface area contributed by atoms with Gasteiger partial charge < -0.3 is 15.4 Å². The second kappa shape index (κ2) is 9.96. The number of hydrogen-bond donors (Lipinski definition) is 2. The minimum atomic E-state index is -3.57. The van der Waals surface area contributed by atoms with Gasteiger partial charge in [-0.05, 0) is 31.2 Å². The van der Waals surface area contributed by atoms with Gasteiger partial charge in [-0.2, -0.15) is 0 Å². The van der Waals surface area contributed by atoms with Crippen LogP contribution in [0.25, 0.3) is 0 Å². The summed E-state index contributed by atoms with van der Waals surface area (Å²) in [5.41, 5.74) is -0.242. The van der Waals surface area contributed by atoms with Gasteiger partial charge in [0.1, 0.15) is 16.5 Å². The molecule has 0 aromatic heterocycles. The summed E-state index contributed by atoms with van der Waals surface area (Å²) >= 11 is 11.9. The molecule has 0 saturated carbocycles. The predicted molar refractivity (Wildman–Crippen MR) is 114 cm³/mol. The van der Waals surface area contributed by atoms with Crippen molar-refractivity contribution in [3.63, 3.8) is 0 Å². The van der Waals surface area contributed by atoms with Crippen LogP contribution in [0.1, 0.15) is 6.92 Å². The van der Waals surface area contributed by atoms with Gasteiger partial charge in [0, 0.05) is 25.4 Å². The van der Waals surface area contributed by atoms with Crippen LogP contribution in [-0.2, 0) is 14.6 Å². The van der Waals surface area contributed by atoms with Crippen molar-refractivity contribution in [3.8, 4) is 5.75 Å². The van der Waals surface area contributed by atoms with Crippen LogP contribution in [0.3, 0.4) is 0 Å². The number of nitro benzene ring substituents is 1. The van der Waals surface area contributed by atoms with Gasteiger partial charge in [-0.15, -0.1) is 0 Å². The summed E-state index contributed by atoms with van der Waals surface area (Å²) in [5, 5.41) is 17.1. The minimum absolute atomic E-state index is 0.136. The molecule has 0 aliphatic rings. The van der Waals surface area contributed by atoms with Gasteiger partial charge in [0.25, 0.3) is 11.6 Å². The molecule has 2 rings (SSSR count). The van der Waals surface area contributed by atoms with Crippen molar-refractivity contribution in [1.29, 1.82) is 0 Å². The van der Waals surface area contributed by atoms with E-state index >= 15 is 0 Å². The molecule has 0 heterocycles. The Morgan fingerprint density at radius 2 is 1.93 bits per heavy atom. The minimum Gasteiger partial charge on any atom is -0.479 e. The van der Waals surface area contributed by atoms with Gasteiger partial charge in [0.15, 0.2) is 15.9 Å². The molecule has 30 heavy (non-hydrogen) atoms. The maximum Gasteiger partial charge on any atom is 0.293 e. The summed E-state index contributed by atoms with van der Waals surface area (Å²) in [6.45, 7) is 1.84. The highest BCUT2D eigenvalue weighted by Gasteiger charge is 2.19. The number of amides is 1. The number of hydrogen-bond acceptors (Lipinski definition) is 7. The van der Waals surface area contributed by atoms with Crippen LogP contribution in [-0.4, -0.2) is 44.7 Å². The van der Waals surface area contributed by atoms with Crippen LogP contribution < -0.4 is 15.4 Å². The van der Waals surface area contributed by atoms with Gasteiger partial charge in [-0.3, -0.25) is 14.9 Å². The van der Waals surface area contributed by atoms with Crippen molar-refractivity contribution >= 4 is 50.3 Å². The molecule has 1 atom stereocenters. The number of anilines is 1. The first-order valence-corrected chi connectivity index (χ1v) is 11.3. The van der Waals surface area contributed by atoms with E-state index < -0.39 is 26.8 Å². The van der Waals surface area contributed by atoms with E-state index in [1.54, 1.807) is 18.2 Å². The van der Waals surface area contributed by atoms with Crippen molar-refractivity contribution in [2.75, 3.05) is 24.7 Å². The number of nitrogens with zero attached hydrogens (tertiary/aromatic N) is 1. The lowest BCUT2D eigenvalue weighted by Crippen LogP contribution is -2.38. The van der Waals surface area contributed by atoms with Crippen molar-refractivity contribution in [2.24, 2.45) is 0 Å². The molecular weight excluding hydrogens is 457 g/mol. The number of halogens is 2. The molecule has 0 radical (unpaired) electrons. The summed E-state index contributed by atoms with van der Waals surface area (Å²) in [4.78, 5) is 22.6. The van der Waals surface area contributed by atoms with E-state index in [1.807, 2.05) is 0 Å². The predicted octanol–water partition coefficient (Wildman–Crippen LogP) is 3.30. The molecule has 162 valence electrons. The third kappa shape index (κ3) is 6.22. The fourth-order valence-corrected chi connectivity index (χ4v) is 3.37. The normalized spacial score (nSPS) is 12.1. The van der Waals surface area contributed by atoms with E-state index in [4.69, 9.17) is 27.9 Å². The zero-order valence-corrected chi connectivity index (χ0v) is 18.3. The molecule has 0 fully saturated rings. The molecule has 1 amide bonds. The van der Waals surface area contributed by atoms with Crippen LogP contribution in [0.5, 0.6) is 5.75 Å². The number of ether oxygens (including phenoxy) is 1. The quantitative estimate of drug-likeness (QED) is 0.323. The Balaban J connectivity index is 1.92. The fraction of sp³-hybridized carbons (Fsp3) is 0.278. The van der Waals surface area contributed by atoms with Gasteiger partial charge in [0.2, 0.25) is 0 Å². The Hall–Kier alpha value is -2.56. The van der Waals surface area contributed by atoms with Gasteiger partial charge >= 0.3 is 0 Å². The first-order valence-electron chi connectivity index (χ1n) is 8.61. The number of benzene rings is 2. The molecule has 2 aromatic carbocycles. The largest absolute Gasteiger partial charge is 0.479 e. The number of rotatable bonds is 9. The highest BCUT2D eigenvalue weighted by molar-refractivity contribution is 7.90. The average Bonchev–Trinajstić information content (AvgIpc) is 2.67. The number of carbonyl (C=O) groups excluding carboxylic acids is 1. The van der Waals surface area contributed by atoms with Crippen molar-refractivity contribution in [1.82, 2.24) is 5.32 Å². The van der Waals surface area contributed by atoms with Crippen LogP contribution in [0.15, 0.2) is 41.3 Å². The lowest BCUT2D eigenvalue weighted by molar-refractivity contribution is -0.384. The SMILES string of the molecule is C[C@@H](Oc1cccc(Cl)c1Cl)C(=O)NCCNc1ccc(S(C)(=O)=O)cc1[N+](=O)[O-]. The highest BCUT2D eigenvalue weighted by atomic mass is 35.5. The van der Waals surface area contributed by atoms with Crippen molar-refractivity contribution in [3.05, 3.63) is 56.6 Å². The molecule has 0 aliphatic heterocycles. The van der Waals surface area contributed by atoms with Crippen molar-refractivity contribution < 1.29 is 22.9 Å². The van der Waals surface area contributed by atoms with E-state index in [0.717, 1.165) is 12.3 Å². The van der Waals surface area contributed by atoms with E-state index in [9.17, 15) is 23.3 Å². The Labute approximate surface area is 183 Å². The highest BCUT2D eigenvalue weighted by Crippen LogP contribution is 2.32. The monoisotopic (exact) mass is 475 g/mol. The lowest BCUT2D eigenvalue weighted by Gasteiger charge is -2.16. The number of nitro groups is 1. The third-order valence-corrected chi connectivity index (χ3v) is 5.83. The number of nitrogens with one attached hydrogen (secondary N) is 2. The van der Waals surface area contributed by atoms with Gasteiger partial charge in [-0.1, -0.05) is 29.3 Å². The zero-order chi connectivity index (χ0) is 22.5. The fourth-order valence-electron chi connectivity index (χ4n) is 2.39. The molecule has 2 aromatic rings. The second-order valence-electron chi connectivity index (χ2n) is 6.24. The van der Waals surface area contributed by atoms with E-state index in [-0.39, 0.29) is 40.1 Å². The smallest absolute Gasteiger partial charge is 0.293 e. The molecule has 9 nitrogen and oxygen atoms in total. The van der Waals surface area contributed by atoms with Gasteiger partial charge in [-0.25, -0.2) is 8.42 Å². The van der Waals surface area contributed by atoms with E-state index in [2.05, 4.69) is 10.6 Å². The Morgan fingerprint density at radius 1 is 1.23 bits per heavy atom. The Bertz CT molecular complexity index is 1060. The maximum atomic E-state index is 12.2. The number of carbonyl (C=O) groups is 1. The summed E-state index contributed by atoms with van der Waals surface area (Å²) < 4.78 is 28.6. The molecule has 0 spiro atoms. The Morgan fingerprint density at radius 3 is 2.57 bits per heavy atom. The average molecular weight is 476 g/mol. The van der Waals surface area contributed by atoms with Crippen molar-refractivity contribution in [2.45, 2.75) is 17.9 Å². The third-order valence-electron chi connectivity index (χ3n) is 3.92. The lowest BCUT2D eigenvalue weighted by atomic mass is 10.2. The topological polar surface area (TPSA) is 128 Å². The standard InChI is InChI=1S/C18H19Cl2N3O6S/c1-11(29-16-5-3-4-13(19)17(16)20)18(24)22-9-8-21-14-7-6-12(30(2,27)28)10-15(14)23(25)26/h3-7,10-11,21H,8-9H2,1-2H3,(H,22,24)/t11-/m1/s1. The van der Waals surface area contributed by atoms with E-state index in [0.29, 0.717) is 5.02 Å². The molecule has 2 N–H and O–H groups in total. The second-order valence-corrected chi connectivity index (χ2v) is 9.04. The van der Waals surface area contributed by atoms with Crippen LogP contribution >= 0.6 is 23.2 Å². The first-order chi connectivity index (χ1) is 14.0. The molecule has 0 bridgehead atoms. The molecule has 12 heteroatoms. The number of sulfone groups is 1. The summed E-state index contributed by atoms with van der Waals surface area (Å²) in [6.07, 6.45) is 0.110. The molecule has 0 unspecified atom stereocenters. The summed E-state index contributed by atoms with van der Waals surface area (Å²) in [6, 6.07) is 8.38. The van der Waals surface area contributed by atoms with Crippen LogP contribution in [0, 0.1) is 10.1 Å².